The molecule has 2 amide bonds. The minimum absolute atomic E-state index is 0.228. The Morgan fingerprint density at radius 3 is 3.14 bits per heavy atom. The van der Waals surface area contributed by atoms with E-state index in [-0.39, 0.29) is 6.03 Å². The maximum atomic E-state index is 11.6. The van der Waals surface area contributed by atoms with Crippen molar-refractivity contribution in [2.45, 2.75) is 12.8 Å². The fourth-order valence-electron chi connectivity index (χ4n) is 2.48. The third-order valence-electron chi connectivity index (χ3n) is 3.45. The van der Waals surface area contributed by atoms with Gasteiger partial charge in [-0.15, -0.1) is 10.2 Å². The SMILES string of the molecule is O=C(NCCCN1CCc2ccccc21)Nc1nncs1. The van der Waals surface area contributed by atoms with Gasteiger partial charge in [0.05, 0.1) is 0 Å². The molecule has 0 spiro atoms. The number of carbonyl (C=O) groups is 1. The number of urea groups is 1. The predicted molar refractivity (Wildman–Crippen MR) is 83.9 cm³/mol. The lowest BCUT2D eigenvalue weighted by atomic mass is 10.2. The molecule has 3 rings (SSSR count). The highest BCUT2D eigenvalue weighted by Gasteiger charge is 2.17. The van der Waals surface area contributed by atoms with Gasteiger partial charge in [-0.2, -0.15) is 0 Å². The summed E-state index contributed by atoms with van der Waals surface area (Å²) >= 11 is 1.30. The average Bonchev–Trinajstić information content (AvgIpc) is 3.13. The molecule has 2 aromatic rings. The lowest BCUT2D eigenvalue weighted by Crippen LogP contribution is -2.32. The number of fused-ring (bicyclic) bond motifs is 1. The van der Waals surface area contributed by atoms with Gasteiger partial charge in [-0.1, -0.05) is 29.5 Å². The second-order valence-corrected chi connectivity index (χ2v) is 5.68. The lowest BCUT2D eigenvalue weighted by Gasteiger charge is -2.19. The Morgan fingerprint density at radius 2 is 2.29 bits per heavy atom. The minimum atomic E-state index is -0.228. The maximum absolute atomic E-state index is 11.6. The first-order chi connectivity index (χ1) is 10.3. The van der Waals surface area contributed by atoms with E-state index in [1.54, 1.807) is 5.51 Å². The first kappa shape index (κ1) is 13.8. The Morgan fingerprint density at radius 1 is 1.38 bits per heavy atom. The van der Waals surface area contributed by atoms with Crippen molar-refractivity contribution < 1.29 is 4.79 Å². The molecular formula is C14H17N5OS. The van der Waals surface area contributed by atoms with Gasteiger partial charge in [-0.25, -0.2) is 4.79 Å². The van der Waals surface area contributed by atoms with Crippen molar-refractivity contribution in [3.05, 3.63) is 35.3 Å². The fraction of sp³-hybridized carbons (Fsp3) is 0.357. The molecule has 0 saturated carbocycles. The molecule has 0 fully saturated rings. The highest BCUT2D eigenvalue weighted by Crippen LogP contribution is 2.27. The number of nitrogens with zero attached hydrogens (tertiary/aromatic N) is 3. The normalized spacial score (nSPS) is 13.0. The van der Waals surface area contributed by atoms with Crippen LogP contribution in [0.3, 0.4) is 0 Å². The van der Waals surface area contributed by atoms with Crippen LogP contribution in [0.1, 0.15) is 12.0 Å². The fourth-order valence-corrected chi connectivity index (χ4v) is 2.92. The number of hydrogen-bond donors (Lipinski definition) is 2. The summed E-state index contributed by atoms with van der Waals surface area (Å²) in [4.78, 5) is 14.0. The van der Waals surface area contributed by atoms with Gasteiger partial charge in [0, 0.05) is 25.3 Å². The first-order valence-corrected chi connectivity index (χ1v) is 7.85. The molecule has 0 aliphatic carbocycles. The summed E-state index contributed by atoms with van der Waals surface area (Å²) in [5.74, 6) is 0. The Bertz CT molecular complexity index is 601. The molecule has 110 valence electrons. The second kappa shape index (κ2) is 6.53. The van der Waals surface area contributed by atoms with Crippen molar-refractivity contribution in [2.24, 2.45) is 0 Å². The molecule has 2 heterocycles. The van der Waals surface area contributed by atoms with Gasteiger partial charge < -0.3 is 10.2 Å². The average molecular weight is 303 g/mol. The number of aromatic nitrogens is 2. The molecule has 1 aliphatic rings. The zero-order valence-electron chi connectivity index (χ0n) is 11.6. The number of benzene rings is 1. The summed E-state index contributed by atoms with van der Waals surface area (Å²) in [6.07, 6.45) is 2.03. The zero-order valence-corrected chi connectivity index (χ0v) is 12.4. The van der Waals surface area contributed by atoms with Gasteiger partial charge in [-0.05, 0) is 24.5 Å². The molecule has 0 saturated heterocycles. The van der Waals surface area contributed by atoms with E-state index in [0.717, 1.165) is 25.9 Å². The van der Waals surface area contributed by atoms with Crippen LogP contribution in [0.2, 0.25) is 0 Å². The number of nitrogens with one attached hydrogen (secondary N) is 2. The molecule has 1 aromatic heterocycles. The Kier molecular flexibility index (Phi) is 4.30. The monoisotopic (exact) mass is 303 g/mol. The van der Waals surface area contributed by atoms with Crippen LogP contribution in [0.5, 0.6) is 0 Å². The number of carbonyl (C=O) groups excluding carboxylic acids is 1. The van der Waals surface area contributed by atoms with Crippen LogP contribution in [0.15, 0.2) is 29.8 Å². The molecule has 2 N–H and O–H groups in total. The highest BCUT2D eigenvalue weighted by molar-refractivity contribution is 7.13. The van der Waals surface area contributed by atoms with E-state index >= 15 is 0 Å². The van der Waals surface area contributed by atoms with Crippen LogP contribution in [-0.2, 0) is 6.42 Å². The van der Waals surface area contributed by atoms with Gasteiger partial charge in [0.2, 0.25) is 5.13 Å². The molecule has 6 nitrogen and oxygen atoms in total. The van der Waals surface area contributed by atoms with Crippen LogP contribution in [0, 0.1) is 0 Å². The van der Waals surface area contributed by atoms with Gasteiger partial charge in [0.1, 0.15) is 5.51 Å². The first-order valence-electron chi connectivity index (χ1n) is 6.97. The van der Waals surface area contributed by atoms with Crippen molar-refractivity contribution in [2.75, 3.05) is 29.9 Å². The topological polar surface area (TPSA) is 70.2 Å². The Labute approximate surface area is 127 Å². The molecule has 7 heteroatoms. The van der Waals surface area contributed by atoms with Crippen molar-refractivity contribution in [3.63, 3.8) is 0 Å². The molecule has 0 unspecified atom stereocenters. The maximum Gasteiger partial charge on any atom is 0.321 e. The summed E-state index contributed by atoms with van der Waals surface area (Å²) < 4.78 is 0. The van der Waals surface area contributed by atoms with Crippen molar-refractivity contribution in [1.82, 2.24) is 15.5 Å². The Hall–Kier alpha value is -2.15. The van der Waals surface area contributed by atoms with Gasteiger partial charge in [-0.3, -0.25) is 5.32 Å². The van der Waals surface area contributed by atoms with E-state index in [2.05, 4.69) is 50.0 Å². The van der Waals surface area contributed by atoms with E-state index in [9.17, 15) is 4.79 Å². The summed E-state index contributed by atoms with van der Waals surface area (Å²) in [6.45, 7) is 2.66. The molecule has 21 heavy (non-hydrogen) atoms. The number of amides is 2. The molecular weight excluding hydrogens is 286 g/mol. The molecule has 1 aromatic carbocycles. The predicted octanol–water partition coefficient (Wildman–Crippen LogP) is 2.11. The van der Waals surface area contributed by atoms with Crippen molar-refractivity contribution >= 4 is 28.2 Å². The quantitative estimate of drug-likeness (QED) is 0.830. The summed E-state index contributed by atoms with van der Waals surface area (Å²) in [6, 6.07) is 8.28. The minimum Gasteiger partial charge on any atom is -0.371 e. The number of rotatable bonds is 5. The largest absolute Gasteiger partial charge is 0.371 e. The van der Waals surface area contributed by atoms with Crippen LogP contribution in [0.25, 0.3) is 0 Å². The van der Waals surface area contributed by atoms with Gasteiger partial charge >= 0.3 is 6.03 Å². The van der Waals surface area contributed by atoms with Gasteiger partial charge in [0.15, 0.2) is 0 Å². The van der Waals surface area contributed by atoms with Crippen molar-refractivity contribution in [3.8, 4) is 0 Å². The molecule has 0 atom stereocenters. The van der Waals surface area contributed by atoms with Crippen LogP contribution in [-0.4, -0.2) is 35.9 Å². The molecule has 0 radical (unpaired) electrons. The van der Waals surface area contributed by atoms with E-state index in [0.29, 0.717) is 11.7 Å². The summed E-state index contributed by atoms with van der Waals surface area (Å²) in [5, 5.41) is 13.4. The second-order valence-electron chi connectivity index (χ2n) is 4.84. The van der Waals surface area contributed by atoms with E-state index < -0.39 is 0 Å². The van der Waals surface area contributed by atoms with E-state index in [1.807, 2.05) is 0 Å². The summed E-state index contributed by atoms with van der Waals surface area (Å²) in [5.41, 5.74) is 4.33. The number of anilines is 2. The smallest absolute Gasteiger partial charge is 0.321 e. The number of para-hydroxylation sites is 1. The molecule has 1 aliphatic heterocycles. The zero-order chi connectivity index (χ0) is 14.5. The third-order valence-corrected chi connectivity index (χ3v) is 4.06. The van der Waals surface area contributed by atoms with E-state index in [4.69, 9.17) is 0 Å². The van der Waals surface area contributed by atoms with Crippen molar-refractivity contribution in [1.29, 1.82) is 0 Å². The Balaban J connectivity index is 1.38. The van der Waals surface area contributed by atoms with Crippen LogP contribution >= 0.6 is 11.3 Å². The number of hydrogen-bond acceptors (Lipinski definition) is 5. The van der Waals surface area contributed by atoms with Crippen LogP contribution < -0.4 is 15.5 Å². The third kappa shape index (κ3) is 3.49. The summed E-state index contributed by atoms with van der Waals surface area (Å²) in [7, 11) is 0. The highest BCUT2D eigenvalue weighted by atomic mass is 32.1. The lowest BCUT2D eigenvalue weighted by molar-refractivity contribution is 0.252. The molecule has 0 bridgehead atoms. The standard InChI is InChI=1S/C14H17N5OS/c20-13(17-14-18-16-10-21-14)15-7-3-8-19-9-6-11-4-1-2-5-12(11)19/h1-2,4-5,10H,3,6-9H2,(H2,15,17,18,20). The van der Waals surface area contributed by atoms with E-state index in [1.165, 1.54) is 22.6 Å². The van der Waals surface area contributed by atoms with Gasteiger partial charge in [0.25, 0.3) is 0 Å². The van der Waals surface area contributed by atoms with Crippen LogP contribution in [0.4, 0.5) is 15.6 Å².